The number of nitrogens with one attached hydrogen (secondary N) is 1. The summed E-state index contributed by atoms with van der Waals surface area (Å²) in [4.78, 5) is 16.2. The Hall–Kier alpha value is -2.67. The van der Waals surface area contributed by atoms with Crippen LogP contribution >= 0.6 is 11.6 Å². The van der Waals surface area contributed by atoms with Gasteiger partial charge in [-0.05, 0) is 37.6 Å². The highest BCUT2D eigenvalue weighted by Gasteiger charge is 2.09. The van der Waals surface area contributed by atoms with E-state index < -0.39 is 0 Å². The molecule has 0 aliphatic carbocycles. The van der Waals surface area contributed by atoms with Gasteiger partial charge in [-0.15, -0.1) is 5.10 Å². The molecule has 0 radical (unpaired) electrons. The van der Waals surface area contributed by atoms with E-state index in [2.05, 4.69) is 20.5 Å². The van der Waals surface area contributed by atoms with Gasteiger partial charge in [0.15, 0.2) is 0 Å². The van der Waals surface area contributed by atoms with Crippen LogP contribution in [0.5, 0.6) is 0 Å². The van der Waals surface area contributed by atoms with Crippen LogP contribution < -0.4 is 5.32 Å². The molecule has 0 unspecified atom stereocenters. The first-order chi connectivity index (χ1) is 12.0. The molecular formula is C17H19ClN6O. The Morgan fingerprint density at radius 1 is 1.20 bits per heavy atom. The van der Waals surface area contributed by atoms with E-state index in [1.54, 1.807) is 11.0 Å². The molecule has 8 heteroatoms. The molecule has 25 heavy (non-hydrogen) atoms. The molecule has 0 atom stereocenters. The van der Waals surface area contributed by atoms with E-state index in [-0.39, 0.29) is 5.91 Å². The van der Waals surface area contributed by atoms with Gasteiger partial charge in [-0.1, -0.05) is 23.7 Å². The van der Waals surface area contributed by atoms with Crippen LogP contribution in [0.15, 0.2) is 36.7 Å². The van der Waals surface area contributed by atoms with Gasteiger partial charge in [0.05, 0.1) is 12.2 Å². The molecule has 0 spiro atoms. The molecular weight excluding hydrogens is 340 g/mol. The Labute approximate surface area is 150 Å². The van der Waals surface area contributed by atoms with Crippen LogP contribution in [0.3, 0.4) is 0 Å². The number of hydrogen-bond donors (Lipinski definition) is 1. The number of nitrogens with zero attached hydrogens (tertiary/aromatic N) is 5. The zero-order chi connectivity index (χ0) is 17.8. The summed E-state index contributed by atoms with van der Waals surface area (Å²) in [5.41, 5.74) is 3.04. The number of carbonyl (C=O) groups excluding carboxylic acids is 1. The van der Waals surface area contributed by atoms with Gasteiger partial charge >= 0.3 is 0 Å². The quantitative estimate of drug-likeness (QED) is 0.735. The third-order valence-corrected chi connectivity index (χ3v) is 3.95. The lowest BCUT2D eigenvalue weighted by molar-refractivity contribution is -0.116. The summed E-state index contributed by atoms with van der Waals surface area (Å²) in [6.45, 7) is 4.99. The Morgan fingerprint density at radius 3 is 2.64 bits per heavy atom. The number of amides is 1. The highest BCUT2D eigenvalue weighted by molar-refractivity contribution is 6.30. The highest BCUT2D eigenvalue weighted by atomic mass is 35.5. The average molecular weight is 359 g/mol. The monoisotopic (exact) mass is 358 g/mol. The second-order valence-electron chi connectivity index (χ2n) is 5.84. The highest BCUT2D eigenvalue weighted by Crippen LogP contribution is 2.11. The van der Waals surface area contributed by atoms with E-state index >= 15 is 0 Å². The minimum absolute atomic E-state index is 0.142. The SMILES string of the molecule is Cc1cc(C)n(CCC(=O)Nc2ncn(Cc3ccc(Cl)cc3)n2)n1. The Kier molecular flexibility index (Phi) is 5.14. The average Bonchev–Trinajstić information content (AvgIpc) is 3.13. The molecule has 0 fully saturated rings. The van der Waals surface area contributed by atoms with Crippen molar-refractivity contribution in [1.82, 2.24) is 24.5 Å². The fourth-order valence-corrected chi connectivity index (χ4v) is 2.63. The first-order valence-electron chi connectivity index (χ1n) is 7.94. The molecule has 3 aromatic rings. The first-order valence-corrected chi connectivity index (χ1v) is 8.32. The van der Waals surface area contributed by atoms with Crippen molar-refractivity contribution in [3.63, 3.8) is 0 Å². The molecule has 2 aromatic heterocycles. The Bertz CT molecular complexity index is 868. The number of rotatable bonds is 6. The fraction of sp³-hybridized carbons (Fsp3) is 0.294. The lowest BCUT2D eigenvalue weighted by Gasteiger charge is -2.04. The van der Waals surface area contributed by atoms with E-state index in [1.807, 2.05) is 48.9 Å². The predicted octanol–water partition coefficient (Wildman–Crippen LogP) is 2.82. The Balaban J connectivity index is 1.53. The largest absolute Gasteiger partial charge is 0.293 e. The summed E-state index contributed by atoms with van der Waals surface area (Å²) >= 11 is 5.87. The van der Waals surface area contributed by atoms with E-state index in [9.17, 15) is 4.79 Å². The second kappa shape index (κ2) is 7.48. The van der Waals surface area contributed by atoms with Crippen molar-refractivity contribution in [1.29, 1.82) is 0 Å². The standard InChI is InChI=1S/C17H19ClN6O/c1-12-9-13(2)24(21-12)8-7-16(25)20-17-19-11-23(22-17)10-14-3-5-15(18)6-4-14/h3-6,9,11H,7-8,10H2,1-2H3,(H,20,22,25). The summed E-state index contributed by atoms with van der Waals surface area (Å²) in [6, 6.07) is 9.50. The van der Waals surface area contributed by atoms with Crippen LogP contribution in [-0.4, -0.2) is 30.5 Å². The number of aromatic nitrogens is 5. The maximum Gasteiger partial charge on any atom is 0.248 e. The van der Waals surface area contributed by atoms with Crippen molar-refractivity contribution >= 4 is 23.5 Å². The number of carbonyl (C=O) groups is 1. The van der Waals surface area contributed by atoms with Gasteiger partial charge in [0.25, 0.3) is 0 Å². The molecule has 0 aliphatic rings. The van der Waals surface area contributed by atoms with Crippen LogP contribution in [0.4, 0.5) is 5.95 Å². The van der Waals surface area contributed by atoms with Gasteiger partial charge < -0.3 is 0 Å². The maximum absolute atomic E-state index is 12.1. The molecule has 130 valence electrons. The minimum atomic E-state index is -0.142. The Morgan fingerprint density at radius 2 is 1.96 bits per heavy atom. The van der Waals surface area contributed by atoms with Crippen molar-refractivity contribution in [3.05, 3.63) is 58.6 Å². The predicted molar refractivity (Wildman–Crippen MR) is 95.5 cm³/mol. The van der Waals surface area contributed by atoms with E-state index in [0.29, 0.717) is 30.5 Å². The van der Waals surface area contributed by atoms with E-state index in [4.69, 9.17) is 11.6 Å². The fourth-order valence-electron chi connectivity index (χ4n) is 2.50. The molecule has 0 aliphatic heterocycles. The number of halogens is 1. The molecule has 2 heterocycles. The summed E-state index contributed by atoms with van der Waals surface area (Å²) < 4.78 is 3.49. The zero-order valence-electron chi connectivity index (χ0n) is 14.1. The van der Waals surface area contributed by atoms with Crippen LogP contribution in [-0.2, 0) is 17.9 Å². The minimum Gasteiger partial charge on any atom is -0.293 e. The van der Waals surface area contributed by atoms with Crippen LogP contribution in [0.1, 0.15) is 23.4 Å². The van der Waals surface area contributed by atoms with Gasteiger partial charge in [0.2, 0.25) is 11.9 Å². The van der Waals surface area contributed by atoms with Crippen LogP contribution in [0, 0.1) is 13.8 Å². The number of anilines is 1. The summed E-state index contributed by atoms with van der Waals surface area (Å²) in [7, 11) is 0. The zero-order valence-corrected chi connectivity index (χ0v) is 14.9. The summed E-state index contributed by atoms with van der Waals surface area (Å²) in [5, 5.41) is 12.0. The maximum atomic E-state index is 12.1. The molecule has 1 amide bonds. The van der Waals surface area contributed by atoms with Gasteiger partial charge in [-0.2, -0.15) is 5.10 Å². The van der Waals surface area contributed by atoms with Crippen LogP contribution in [0.25, 0.3) is 0 Å². The molecule has 7 nitrogen and oxygen atoms in total. The summed E-state index contributed by atoms with van der Waals surface area (Å²) in [6.07, 6.45) is 1.90. The van der Waals surface area contributed by atoms with Gasteiger partial charge in [-0.3, -0.25) is 14.8 Å². The van der Waals surface area contributed by atoms with E-state index in [1.165, 1.54) is 0 Å². The normalized spacial score (nSPS) is 10.8. The van der Waals surface area contributed by atoms with Crippen LogP contribution in [0.2, 0.25) is 5.02 Å². The topological polar surface area (TPSA) is 77.6 Å². The molecule has 1 aromatic carbocycles. The lowest BCUT2D eigenvalue weighted by Crippen LogP contribution is -2.16. The number of benzene rings is 1. The third-order valence-electron chi connectivity index (χ3n) is 3.70. The molecule has 0 saturated carbocycles. The van der Waals surface area contributed by atoms with Crippen molar-refractivity contribution in [3.8, 4) is 0 Å². The smallest absolute Gasteiger partial charge is 0.248 e. The number of aryl methyl sites for hydroxylation is 3. The van der Waals surface area contributed by atoms with Gasteiger partial charge in [0, 0.05) is 23.7 Å². The second-order valence-corrected chi connectivity index (χ2v) is 6.28. The van der Waals surface area contributed by atoms with Crippen molar-refractivity contribution in [2.24, 2.45) is 0 Å². The number of hydrogen-bond acceptors (Lipinski definition) is 4. The van der Waals surface area contributed by atoms with Gasteiger partial charge in [-0.25, -0.2) is 9.67 Å². The van der Waals surface area contributed by atoms with Gasteiger partial charge in [0.1, 0.15) is 6.33 Å². The molecule has 0 saturated heterocycles. The third kappa shape index (κ3) is 4.67. The lowest BCUT2D eigenvalue weighted by atomic mass is 10.2. The molecule has 0 bridgehead atoms. The van der Waals surface area contributed by atoms with Crippen molar-refractivity contribution in [2.45, 2.75) is 33.4 Å². The van der Waals surface area contributed by atoms with E-state index in [0.717, 1.165) is 17.0 Å². The summed E-state index contributed by atoms with van der Waals surface area (Å²) in [5.74, 6) is 0.157. The molecule has 1 N–H and O–H groups in total. The van der Waals surface area contributed by atoms with Crippen molar-refractivity contribution in [2.75, 3.05) is 5.32 Å². The van der Waals surface area contributed by atoms with Crippen molar-refractivity contribution < 1.29 is 4.79 Å². The molecule has 3 rings (SSSR count). The first kappa shape index (κ1) is 17.2.